The lowest BCUT2D eigenvalue weighted by atomic mass is 10.1. The summed E-state index contributed by atoms with van der Waals surface area (Å²) in [6.07, 6.45) is 0. The second-order valence-electron chi connectivity index (χ2n) is 3.51. The van der Waals surface area contributed by atoms with Crippen molar-refractivity contribution in [2.75, 3.05) is 24.5 Å². The van der Waals surface area contributed by atoms with Gasteiger partial charge in [-0.15, -0.1) is 0 Å². The van der Waals surface area contributed by atoms with Gasteiger partial charge in [-0.3, -0.25) is 4.79 Å². The van der Waals surface area contributed by atoms with Crippen LogP contribution in [0.5, 0.6) is 0 Å². The number of piperazine rings is 1. The number of amides is 1. The molecule has 0 spiro atoms. The average molecular weight is 190 g/mol. The molecule has 1 heterocycles. The topological polar surface area (TPSA) is 32.3 Å². The Balaban J connectivity index is 2.29. The molecule has 1 aliphatic heterocycles. The number of carbonyl (C=O) groups is 1. The van der Waals surface area contributed by atoms with Crippen LogP contribution in [0.25, 0.3) is 0 Å². The van der Waals surface area contributed by atoms with E-state index in [4.69, 9.17) is 0 Å². The molecule has 0 atom stereocenters. The summed E-state index contributed by atoms with van der Waals surface area (Å²) < 4.78 is 0. The van der Waals surface area contributed by atoms with Crippen molar-refractivity contribution < 1.29 is 4.79 Å². The molecule has 2 rings (SSSR count). The van der Waals surface area contributed by atoms with Gasteiger partial charge in [0.1, 0.15) is 0 Å². The predicted octanol–water partition coefficient (Wildman–Crippen LogP) is 0.931. The number of benzene rings is 1. The van der Waals surface area contributed by atoms with E-state index >= 15 is 0 Å². The first-order valence-electron chi connectivity index (χ1n) is 4.86. The minimum atomic E-state index is 0.158. The van der Waals surface area contributed by atoms with Crippen LogP contribution in [-0.4, -0.2) is 25.5 Å². The molecule has 0 saturated carbocycles. The molecule has 0 unspecified atom stereocenters. The van der Waals surface area contributed by atoms with Crippen molar-refractivity contribution in [1.82, 2.24) is 5.32 Å². The molecule has 1 N–H and O–H groups in total. The fourth-order valence-corrected chi connectivity index (χ4v) is 1.73. The van der Waals surface area contributed by atoms with Gasteiger partial charge in [0.05, 0.1) is 6.54 Å². The zero-order valence-electron chi connectivity index (χ0n) is 8.29. The van der Waals surface area contributed by atoms with E-state index in [2.05, 4.69) is 5.32 Å². The molecular weight excluding hydrogens is 176 g/mol. The molecule has 0 aliphatic carbocycles. The van der Waals surface area contributed by atoms with Crippen molar-refractivity contribution >= 4 is 11.6 Å². The maximum atomic E-state index is 11.6. The smallest absolute Gasteiger partial charge is 0.240 e. The predicted molar refractivity (Wildman–Crippen MR) is 56.4 cm³/mol. The van der Waals surface area contributed by atoms with Gasteiger partial charge < -0.3 is 10.2 Å². The molecule has 14 heavy (non-hydrogen) atoms. The number of carbonyl (C=O) groups excluding carboxylic acids is 1. The van der Waals surface area contributed by atoms with Crippen LogP contribution in [0.3, 0.4) is 0 Å². The number of para-hydroxylation sites is 1. The second kappa shape index (κ2) is 3.80. The molecule has 0 aromatic heterocycles. The lowest BCUT2D eigenvalue weighted by Crippen LogP contribution is -2.48. The molecule has 1 fully saturated rings. The summed E-state index contributed by atoms with van der Waals surface area (Å²) in [6, 6.07) is 7.99. The van der Waals surface area contributed by atoms with Crippen molar-refractivity contribution in [3.05, 3.63) is 29.8 Å². The fourth-order valence-electron chi connectivity index (χ4n) is 1.73. The van der Waals surface area contributed by atoms with E-state index in [0.717, 1.165) is 24.3 Å². The summed E-state index contributed by atoms with van der Waals surface area (Å²) in [4.78, 5) is 13.5. The van der Waals surface area contributed by atoms with Crippen molar-refractivity contribution in [3.8, 4) is 0 Å². The number of hydrogen-bond donors (Lipinski definition) is 1. The van der Waals surface area contributed by atoms with E-state index in [-0.39, 0.29) is 5.91 Å². The summed E-state index contributed by atoms with van der Waals surface area (Å²) >= 11 is 0. The van der Waals surface area contributed by atoms with E-state index < -0.39 is 0 Å². The summed E-state index contributed by atoms with van der Waals surface area (Å²) in [5, 5.41) is 3.06. The normalized spacial score (nSPS) is 17.2. The largest absolute Gasteiger partial charge is 0.310 e. The van der Waals surface area contributed by atoms with Crippen molar-refractivity contribution in [2.45, 2.75) is 6.92 Å². The van der Waals surface area contributed by atoms with Gasteiger partial charge in [-0.1, -0.05) is 18.2 Å². The quantitative estimate of drug-likeness (QED) is 0.714. The van der Waals surface area contributed by atoms with Crippen LogP contribution in [0.2, 0.25) is 0 Å². The van der Waals surface area contributed by atoms with E-state index in [9.17, 15) is 4.79 Å². The molecule has 1 amide bonds. The van der Waals surface area contributed by atoms with Crippen LogP contribution >= 0.6 is 0 Å². The third-order valence-corrected chi connectivity index (χ3v) is 2.50. The highest BCUT2D eigenvalue weighted by Crippen LogP contribution is 2.19. The van der Waals surface area contributed by atoms with Gasteiger partial charge in [-0.05, 0) is 18.6 Å². The van der Waals surface area contributed by atoms with Gasteiger partial charge >= 0.3 is 0 Å². The van der Waals surface area contributed by atoms with Gasteiger partial charge in [0, 0.05) is 18.8 Å². The van der Waals surface area contributed by atoms with Gasteiger partial charge in [0.2, 0.25) is 5.91 Å². The van der Waals surface area contributed by atoms with E-state index in [1.165, 1.54) is 0 Å². The van der Waals surface area contributed by atoms with E-state index in [1.54, 1.807) is 0 Å². The molecule has 1 aliphatic rings. The van der Waals surface area contributed by atoms with Crippen molar-refractivity contribution in [1.29, 1.82) is 0 Å². The lowest BCUT2D eigenvalue weighted by molar-refractivity contribution is -0.118. The van der Waals surface area contributed by atoms with E-state index in [0.29, 0.717) is 6.54 Å². The number of anilines is 1. The molecule has 0 radical (unpaired) electrons. The minimum Gasteiger partial charge on any atom is -0.310 e. The molecular formula is C11H14N2O. The van der Waals surface area contributed by atoms with Crippen LogP contribution in [0.1, 0.15) is 5.56 Å². The number of rotatable bonds is 1. The Morgan fingerprint density at radius 1 is 1.36 bits per heavy atom. The zero-order valence-corrected chi connectivity index (χ0v) is 8.29. The summed E-state index contributed by atoms with van der Waals surface area (Å²) in [7, 11) is 0. The Bertz CT molecular complexity index is 349. The van der Waals surface area contributed by atoms with Crippen LogP contribution in [0.4, 0.5) is 5.69 Å². The number of aryl methyl sites for hydroxylation is 1. The summed E-state index contributed by atoms with van der Waals surface area (Å²) in [5.74, 6) is 0.158. The van der Waals surface area contributed by atoms with Gasteiger partial charge in [-0.25, -0.2) is 0 Å². The minimum absolute atomic E-state index is 0.158. The molecule has 3 heteroatoms. The first-order chi connectivity index (χ1) is 6.79. The lowest BCUT2D eigenvalue weighted by Gasteiger charge is -2.28. The Morgan fingerprint density at radius 2 is 2.14 bits per heavy atom. The van der Waals surface area contributed by atoms with Gasteiger partial charge in [-0.2, -0.15) is 0 Å². The van der Waals surface area contributed by atoms with Crippen LogP contribution in [0, 0.1) is 6.92 Å². The Morgan fingerprint density at radius 3 is 2.86 bits per heavy atom. The Hall–Kier alpha value is -1.35. The summed E-state index contributed by atoms with van der Waals surface area (Å²) in [6.45, 7) is 4.13. The fraction of sp³-hybridized carbons (Fsp3) is 0.364. The average Bonchev–Trinajstić information content (AvgIpc) is 2.20. The Kier molecular flexibility index (Phi) is 2.50. The maximum absolute atomic E-state index is 11.6. The third kappa shape index (κ3) is 1.63. The highest BCUT2D eigenvalue weighted by Gasteiger charge is 2.19. The molecule has 0 bridgehead atoms. The number of nitrogens with one attached hydrogen (secondary N) is 1. The van der Waals surface area contributed by atoms with Gasteiger partial charge in [0.25, 0.3) is 0 Å². The maximum Gasteiger partial charge on any atom is 0.240 e. The van der Waals surface area contributed by atoms with Crippen LogP contribution in [0.15, 0.2) is 24.3 Å². The first-order valence-corrected chi connectivity index (χ1v) is 4.86. The van der Waals surface area contributed by atoms with Crippen LogP contribution in [-0.2, 0) is 4.79 Å². The summed E-state index contributed by atoms with van der Waals surface area (Å²) in [5.41, 5.74) is 2.20. The van der Waals surface area contributed by atoms with Crippen molar-refractivity contribution in [2.24, 2.45) is 0 Å². The molecule has 1 aromatic carbocycles. The molecule has 3 nitrogen and oxygen atoms in total. The number of hydrogen-bond acceptors (Lipinski definition) is 2. The SMILES string of the molecule is Cc1ccccc1N1CCNCC1=O. The monoisotopic (exact) mass is 190 g/mol. The molecule has 74 valence electrons. The van der Waals surface area contributed by atoms with Crippen LogP contribution < -0.4 is 10.2 Å². The Labute approximate surface area is 83.7 Å². The zero-order chi connectivity index (χ0) is 9.97. The van der Waals surface area contributed by atoms with Gasteiger partial charge in [0.15, 0.2) is 0 Å². The molecule has 1 aromatic rings. The second-order valence-corrected chi connectivity index (χ2v) is 3.51. The van der Waals surface area contributed by atoms with Crippen molar-refractivity contribution in [3.63, 3.8) is 0 Å². The highest BCUT2D eigenvalue weighted by molar-refractivity contribution is 5.96. The van der Waals surface area contributed by atoms with E-state index in [1.807, 2.05) is 36.1 Å². The first kappa shape index (κ1) is 9.21. The highest BCUT2D eigenvalue weighted by atomic mass is 16.2. The third-order valence-electron chi connectivity index (χ3n) is 2.50. The standard InChI is InChI=1S/C11H14N2O/c1-9-4-2-3-5-10(9)13-7-6-12-8-11(13)14/h2-5,12H,6-8H2,1H3. The molecule has 1 saturated heterocycles. The number of nitrogens with zero attached hydrogens (tertiary/aromatic N) is 1.